The molecule has 0 heterocycles. The Morgan fingerprint density at radius 3 is 2.79 bits per heavy atom. The number of allylic oxidation sites excluding steroid dienone is 1. The maximum absolute atomic E-state index is 6.07. The average molecular weight is 189 g/mol. The van der Waals surface area contributed by atoms with E-state index < -0.39 is 0 Å². The van der Waals surface area contributed by atoms with Crippen LogP contribution in [0.2, 0.25) is 0 Å². The van der Waals surface area contributed by atoms with E-state index in [1.165, 1.54) is 16.7 Å². The third-order valence-electron chi connectivity index (χ3n) is 2.35. The minimum Gasteiger partial charge on any atom is -0.324 e. The van der Waals surface area contributed by atoms with Gasteiger partial charge in [0.1, 0.15) is 0 Å². The Bertz CT molecular complexity index is 315. The van der Waals surface area contributed by atoms with Crippen LogP contribution in [0.3, 0.4) is 0 Å². The van der Waals surface area contributed by atoms with Crippen molar-refractivity contribution in [2.75, 3.05) is 0 Å². The molecule has 0 aromatic heterocycles. The molecule has 2 N–H and O–H groups in total. The van der Waals surface area contributed by atoms with Crippen LogP contribution < -0.4 is 5.73 Å². The van der Waals surface area contributed by atoms with Crippen molar-refractivity contribution in [3.8, 4) is 0 Å². The van der Waals surface area contributed by atoms with Gasteiger partial charge in [0.15, 0.2) is 0 Å². The molecule has 0 amide bonds. The van der Waals surface area contributed by atoms with Crippen LogP contribution in [0.1, 0.15) is 36.9 Å². The van der Waals surface area contributed by atoms with E-state index in [1.54, 1.807) is 0 Å². The highest BCUT2D eigenvalue weighted by molar-refractivity contribution is 5.24. The van der Waals surface area contributed by atoms with Gasteiger partial charge >= 0.3 is 0 Å². The van der Waals surface area contributed by atoms with Crippen LogP contribution in [0.15, 0.2) is 36.4 Å². The van der Waals surface area contributed by atoms with E-state index in [1.807, 2.05) is 6.92 Å². The Kier molecular flexibility index (Phi) is 3.90. The van der Waals surface area contributed by atoms with E-state index in [-0.39, 0.29) is 6.04 Å². The van der Waals surface area contributed by atoms with Gasteiger partial charge in [-0.1, -0.05) is 35.4 Å². The van der Waals surface area contributed by atoms with Crippen molar-refractivity contribution in [2.24, 2.45) is 5.73 Å². The summed E-state index contributed by atoms with van der Waals surface area (Å²) in [5.41, 5.74) is 9.77. The van der Waals surface area contributed by atoms with E-state index in [2.05, 4.69) is 37.8 Å². The molecule has 0 aliphatic carbocycles. The fourth-order valence-electron chi connectivity index (χ4n) is 1.47. The van der Waals surface area contributed by atoms with Gasteiger partial charge in [0, 0.05) is 6.04 Å². The summed E-state index contributed by atoms with van der Waals surface area (Å²) < 4.78 is 0. The van der Waals surface area contributed by atoms with Gasteiger partial charge in [0.2, 0.25) is 0 Å². The SMILES string of the molecule is C=C(C)CCC(N)c1cccc(C)c1. The first-order chi connectivity index (χ1) is 6.59. The third kappa shape index (κ3) is 3.35. The Balaban J connectivity index is 2.60. The molecule has 1 heteroatoms. The fraction of sp³-hybridized carbons (Fsp3) is 0.385. The topological polar surface area (TPSA) is 26.0 Å². The number of nitrogens with two attached hydrogens (primary N) is 1. The predicted molar refractivity (Wildman–Crippen MR) is 62.2 cm³/mol. The zero-order valence-corrected chi connectivity index (χ0v) is 9.09. The van der Waals surface area contributed by atoms with Crippen LogP contribution in [0.4, 0.5) is 0 Å². The molecule has 76 valence electrons. The molecule has 0 fully saturated rings. The normalized spacial score (nSPS) is 12.5. The highest BCUT2D eigenvalue weighted by Crippen LogP contribution is 2.18. The molecule has 0 spiro atoms. The molecular formula is C13H19N. The molecule has 0 radical (unpaired) electrons. The van der Waals surface area contributed by atoms with Gasteiger partial charge in [-0.25, -0.2) is 0 Å². The maximum atomic E-state index is 6.07. The number of aryl methyl sites for hydroxylation is 1. The Labute approximate surface area is 86.6 Å². The summed E-state index contributed by atoms with van der Waals surface area (Å²) in [7, 11) is 0. The summed E-state index contributed by atoms with van der Waals surface area (Å²) in [4.78, 5) is 0. The summed E-state index contributed by atoms with van der Waals surface area (Å²) in [5, 5.41) is 0. The molecule has 14 heavy (non-hydrogen) atoms. The van der Waals surface area contributed by atoms with Crippen LogP contribution in [-0.4, -0.2) is 0 Å². The molecule has 1 atom stereocenters. The Morgan fingerprint density at radius 2 is 2.21 bits per heavy atom. The number of hydrogen-bond donors (Lipinski definition) is 1. The summed E-state index contributed by atoms with van der Waals surface area (Å²) in [6, 6.07) is 8.55. The van der Waals surface area contributed by atoms with E-state index in [4.69, 9.17) is 5.73 Å². The second-order valence-electron chi connectivity index (χ2n) is 4.02. The first-order valence-electron chi connectivity index (χ1n) is 5.06. The summed E-state index contributed by atoms with van der Waals surface area (Å²) >= 11 is 0. The second-order valence-corrected chi connectivity index (χ2v) is 4.02. The summed E-state index contributed by atoms with van der Waals surface area (Å²) in [6.07, 6.45) is 1.99. The standard InChI is InChI=1S/C13H19N/c1-10(2)7-8-13(14)12-6-4-5-11(3)9-12/h4-6,9,13H,1,7-8,14H2,2-3H3. The monoisotopic (exact) mass is 189 g/mol. The van der Waals surface area contributed by atoms with Crippen molar-refractivity contribution < 1.29 is 0 Å². The van der Waals surface area contributed by atoms with Gasteiger partial charge in [-0.15, -0.1) is 6.58 Å². The number of benzene rings is 1. The second kappa shape index (κ2) is 4.97. The molecule has 1 aromatic carbocycles. The lowest BCUT2D eigenvalue weighted by Crippen LogP contribution is -2.10. The van der Waals surface area contributed by atoms with Gasteiger partial charge in [-0.2, -0.15) is 0 Å². The zero-order valence-electron chi connectivity index (χ0n) is 9.09. The van der Waals surface area contributed by atoms with Crippen LogP contribution in [0.25, 0.3) is 0 Å². The van der Waals surface area contributed by atoms with Crippen molar-refractivity contribution in [1.82, 2.24) is 0 Å². The summed E-state index contributed by atoms with van der Waals surface area (Å²) in [6.45, 7) is 8.02. The first-order valence-corrected chi connectivity index (χ1v) is 5.06. The molecule has 0 aliphatic heterocycles. The molecule has 0 saturated carbocycles. The smallest absolute Gasteiger partial charge is 0.0297 e. The average Bonchev–Trinajstić information content (AvgIpc) is 2.14. The van der Waals surface area contributed by atoms with Crippen LogP contribution in [-0.2, 0) is 0 Å². The minimum atomic E-state index is 0.145. The van der Waals surface area contributed by atoms with Gasteiger partial charge in [0.25, 0.3) is 0 Å². The van der Waals surface area contributed by atoms with E-state index in [0.717, 1.165) is 12.8 Å². The Morgan fingerprint density at radius 1 is 1.50 bits per heavy atom. The van der Waals surface area contributed by atoms with Crippen molar-refractivity contribution in [1.29, 1.82) is 0 Å². The predicted octanol–water partition coefficient (Wildman–Crippen LogP) is 3.35. The Hall–Kier alpha value is -1.08. The quantitative estimate of drug-likeness (QED) is 0.722. The highest BCUT2D eigenvalue weighted by atomic mass is 14.6. The van der Waals surface area contributed by atoms with E-state index in [0.29, 0.717) is 0 Å². The zero-order chi connectivity index (χ0) is 10.6. The van der Waals surface area contributed by atoms with Crippen LogP contribution in [0.5, 0.6) is 0 Å². The van der Waals surface area contributed by atoms with Crippen LogP contribution in [0, 0.1) is 6.92 Å². The van der Waals surface area contributed by atoms with Gasteiger partial charge in [0.05, 0.1) is 0 Å². The number of rotatable bonds is 4. The maximum Gasteiger partial charge on any atom is 0.0297 e. The molecule has 0 aliphatic rings. The van der Waals surface area contributed by atoms with E-state index in [9.17, 15) is 0 Å². The van der Waals surface area contributed by atoms with Crippen LogP contribution >= 0.6 is 0 Å². The molecular weight excluding hydrogens is 170 g/mol. The van der Waals surface area contributed by atoms with Crippen molar-refractivity contribution in [3.05, 3.63) is 47.5 Å². The van der Waals surface area contributed by atoms with E-state index >= 15 is 0 Å². The third-order valence-corrected chi connectivity index (χ3v) is 2.35. The molecule has 1 aromatic rings. The van der Waals surface area contributed by atoms with Gasteiger partial charge in [-0.3, -0.25) is 0 Å². The lowest BCUT2D eigenvalue weighted by molar-refractivity contribution is 0.649. The fourth-order valence-corrected chi connectivity index (χ4v) is 1.47. The molecule has 0 bridgehead atoms. The van der Waals surface area contributed by atoms with Crippen molar-refractivity contribution in [2.45, 2.75) is 32.7 Å². The number of hydrogen-bond acceptors (Lipinski definition) is 1. The lowest BCUT2D eigenvalue weighted by atomic mass is 9.99. The molecule has 1 unspecified atom stereocenters. The first kappa shape index (κ1) is 11.0. The lowest BCUT2D eigenvalue weighted by Gasteiger charge is -2.12. The highest BCUT2D eigenvalue weighted by Gasteiger charge is 2.05. The van der Waals surface area contributed by atoms with Crippen molar-refractivity contribution in [3.63, 3.8) is 0 Å². The summed E-state index contributed by atoms with van der Waals surface area (Å²) in [5.74, 6) is 0. The van der Waals surface area contributed by atoms with Crippen molar-refractivity contribution >= 4 is 0 Å². The van der Waals surface area contributed by atoms with Gasteiger partial charge < -0.3 is 5.73 Å². The molecule has 1 rings (SSSR count). The largest absolute Gasteiger partial charge is 0.324 e. The molecule has 1 nitrogen and oxygen atoms in total. The molecule has 0 saturated heterocycles. The minimum absolute atomic E-state index is 0.145. The van der Waals surface area contributed by atoms with Gasteiger partial charge in [-0.05, 0) is 32.3 Å².